The summed E-state index contributed by atoms with van der Waals surface area (Å²) in [6, 6.07) is 16.5. The highest BCUT2D eigenvalue weighted by Gasteiger charge is 2.39. The number of H-pyrrole nitrogens is 1. The molecule has 1 fully saturated rings. The van der Waals surface area contributed by atoms with Gasteiger partial charge in [0.05, 0.1) is 19.1 Å². The number of rotatable bonds is 5. The first-order valence-corrected chi connectivity index (χ1v) is 9.73. The zero-order chi connectivity index (χ0) is 21.1. The highest BCUT2D eigenvalue weighted by atomic mass is 16.5. The van der Waals surface area contributed by atoms with E-state index >= 15 is 0 Å². The van der Waals surface area contributed by atoms with E-state index in [9.17, 15) is 9.59 Å². The van der Waals surface area contributed by atoms with Crippen LogP contribution in [-0.2, 0) is 4.79 Å². The Morgan fingerprint density at radius 1 is 1.13 bits per heavy atom. The van der Waals surface area contributed by atoms with Gasteiger partial charge in [0.25, 0.3) is 5.91 Å². The van der Waals surface area contributed by atoms with Gasteiger partial charge < -0.3 is 15.0 Å². The van der Waals surface area contributed by atoms with E-state index in [4.69, 9.17) is 4.74 Å². The number of methoxy groups -OCH3 is 1. The molecule has 0 unspecified atom stereocenters. The molecule has 1 saturated heterocycles. The van der Waals surface area contributed by atoms with Crippen LogP contribution >= 0.6 is 0 Å². The maximum absolute atomic E-state index is 13.1. The lowest BCUT2D eigenvalue weighted by Gasteiger charge is -2.17. The van der Waals surface area contributed by atoms with Crippen molar-refractivity contribution in [2.75, 3.05) is 20.2 Å². The molecule has 0 bridgehead atoms. The van der Waals surface area contributed by atoms with Crippen LogP contribution < -0.4 is 10.1 Å². The molecule has 30 heavy (non-hydrogen) atoms. The molecule has 3 aromatic rings. The zero-order valence-electron chi connectivity index (χ0n) is 16.8. The molecule has 0 aliphatic carbocycles. The molecule has 0 spiro atoms. The van der Waals surface area contributed by atoms with Crippen LogP contribution in [0.25, 0.3) is 11.4 Å². The van der Waals surface area contributed by atoms with Crippen molar-refractivity contribution in [1.82, 2.24) is 25.4 Å². The fourth-order valence-electron chi connectivity index (χ4n) is 3.75. The summed E-state index contributed by atoms with van der Waals surface area (Å²) in [7, 11) is 1.57. The fraction of sp³-hybridized carbons (Fsp3) is 0.273. The van der Waals surface area contributed by atoms with Crippen molar-refractivity contribution >= 4 is 11.8 Å². The summed E-state index contributed by atoms with van der Waals surface area (Å²) < 4.78 is 5.23. The Hall–Kier alpha value is -3.68. The van der Waals surface area contributed by atoms with E-state index in [1.54, 1.807) is 36.3 Å². The van der Waals surface area contributed by atoms with Crippen LogP contribution in [0.3, 0.4) is 0 Å². The second-order valence-electron chi connectivity index (χ2n) is 7.27. The molecule has 2 aromatic carbocycles. The SMILES string of the molecule is COc1cccc(C(=O)N2C[C@@H](NC(C)=O)[C@H](c3nc(-c4ccccc4)n[nH]3)C2)c1. The molecule has 2 amide bonds. The van der Waals surface area contributed by atoms with Gasteiger partial charge in [0.15, 0.2) is 5.82 Å². The molecule has 1 aliphatic heterocycles. The Morgan fingerprint density at radius 2 is 1.93 bits per heavy atom. The van der Waals surface area contributed by atoms with Gasteiger partial charge in [-0.05, 0) is 18.2 Å². The van der Waals surface area contributed by atoms with Crippen LogP contribution in [-0.4, -0.2) is 58.1 Å². The van der Waals surface area contributed by atoms with Crippen molar-refractivity contribution < 1.29 is 14.3 Å². The first-order valence-electron chi connectivity index (χ1n) is 9.73. The topological polar surface area (TPSA) is 100 Å². The minimum Gasteiger partial charge on any atom is -0.497 e. The summed E-state index contributed by atoms with van der Waals surface area (Å²) >= 11 is 0. The Labute approximate surface area is 174 Å². The van der Waals surface area contributed by atoms with Gasteiger partial charge in [-0.15, -0.1) is 0 Å². The maximum atomic E-state index is 13.1. The minimum atomic E-state index is -0.256. The molecule has 4 rings (SSSR count). The molecule has 8 nitrogen and oxygen atoms in total. The van der Waals surface area contributed by atoms with Gasteiger partial charge in [-0.1, -0.05) is 36.4 Å². The first-order chi connectivity index (χ1) is 14.5. The highest BCUT2D eigenvalue weighted by molar-refractivity contribution is 5.95. The van der Waals surface area contributed by atoms with E-state index < -0.39 is 0 Å². The number of likely N-dealkylation sites (tertiary alicyclic amines) is 1. The smallest absolute Gasteiger partial charge is 0.254 e. The van der Waals surface area contributed by atoms with Crippen LogP contribution in [0, 0.1) is 0 Å². The molecule has 2 atom stereocenters. The molecule has 154 valence electrons. The lowest BCUT2D eigenvalue weighted by Crippen LogP contribution is -2.39. The summed E-state index contributed by atoms with van der Waals surface area (Å²) in [6.07, 6.45) is 0. The molecule has 0 radical (unpaired) electrons. The van der Waals surface area contributed by atoms with Crippen LogP contribution in [0.1, 0.15) is 29.0 Å². The summed E-state index contributed by atoms with van der Waals surface area (Å²) in [5, 5.41) is 10.3. The Morgan fingerprint density at radius 3 is 2.67 bits per heavy atom. The van der Waals surface area contributed by atoms with Crippen LogP contribution in [0.2, 0.25) is 0 Å². The van der Waals surface area contributed by atoms with Crippen LogP contribution in [0.4, 0.5) is 0 Å². The largest absolute Gasteiger partial charge is 0.497 e. The third kappa shape index (κ3) is 4.03. The second kappa shape index (κ2) is 8.36. The Bertz CT molecular complexity index is 1050. The highest BCUT2D eigenvalue weighted by Crippen LogP contribution is 2.28. The number of benzene rings is 2. The molecule has 1 aliphatic rings. The summed E-state index contributed by atoms with van der Waals surface area (Å²) in [5.74, 6) is 1.41. The molecule has 8 heteroatoms. The zero-order valence-corrected chi connectivity index (χ0v) is 16.8. The summed E-state index contributed by atoms with van der Waals surface area (Å²) in [5.41, 5.74) is 1.44. The fourth-order valence-corrected chi connectivity index (χ4v) is 3.75. The van der Waals surface area contributed by atoms with Gasteiger partial charge in [-0.25, -0.2) is 4.98 Å². The number of aromatic nitrogens is 3. The van der Waals surface area contributed by atoms with Crippen molar-refractivity contribution in [3.63, 3.8) is 0 Å². The third-order valence-electron chi connectivity index (χ3n) is 5.20. The van der Waals surface area contributed by atoms with Crippen LogP contribution in [0.5, 0.6) is 5.75 Å². The Kier molecular flexibility index (Phi) is 5.47. The summed E-state index contributed by atoms with van der Waals surface area (Å²) in [4.78, 5) is 31.2. The van der Waals surface area contributed by atoms with E-state index in [0.29, 0.717) is 36.1 Å². The maximum Gasteiger partial charge on any atom is 0.254 e. The number of nitrogens with one attached hydrogen (secondary N) is 2. The van der Waals surface area contributed by atoms with Crippen molar-refractivity contribution in [2.24, 2.45) is 0 Å². The van der Waals surface area contributed by atoms with Gasteiger partial charge in [0.1, 0.15) is 11.6 Å². The lowest BCUT2D eigenvalue weighted by molar-refractivity contribution is -0.119. The number of hydrogen-bond acceptors (Lipinski definition) is 5. The molecular weight excluding hydrogens is 382 g/mol. The van der Waals surface area contributed by atoms with E-state index in [1.807, 2.05) is 30.3 Å². The Balaban J connectivity index is 1.58. The number of ether oxygens (including phenoxy) is 1. The molecule has 0 saturated carbocycles. The van der Waals surface area contributed by atoms with Gasteiger partial charge in [0.2, 0.25) is 5.91 Å². The van der Waals surface area contributed by atoms with Gasteiger partial charge in [-0.2, -0.15) is 5.10 Å². The average molecular weight is 405 g/mol. The molecule has 2 N–H and O–H groups in total. The van der Waals surface area contributed by atoms with Crippen LogP contribution in [0.15, 0.2) is 54.6 Å². The second-order valence-corrected chi connectivity index (χ2v) is 7.27. The molecular formula is C22H23N5O3. The summed E-state index contributed by atoms with van der Waals surface area (Å²) in [6.45, 7) is 2.28. The van der Waals surface area contributed by atoms with E-state index in [2.05, 4.69) is 20.5 Å². The third-order valence-corrected chi connectivity index (χ3v) is 5.20. The monoisotopic (exact) mass is 405 g/mol. The number of hydrogen-bond donors (Lipinski definition) is 2. The number of amides is 2. The van der Waals surface area contributed by atoms with Crippen molar-refractivity contribution in [3.05, 3.63) is 66.0 Å². The molecule has 1 aromatic heterocycles. The van der Waals surface area contributed by atoms with Crippen molar-refractivity contribution in [2.45, 2.75) is 18.9 Å². The number of aromatic amines is 1. The first kappa shape index (κ1) is 19.6. The van der Waals surface area contributed by atoms with E-state index in [1.165, 1.54) is 6.92 Å². The van der Waals surface area contributed by atoms with Gasteiger partial charge >= 0.3 is 0 Å². The standard InChI is InChI=1S/C22H23N5O3/c1-14(28)23-19-13-27(22(29)16-9-6-10-17(11-16)30-2)12-18(19)21-24-20(25-26-21)15-7-4-3-5-8-15/h3-11,18-19H,12-13H2,1-2H3,(H,23,28)(H,24,25,26)/t18-,19-/m1/s1. The van der Waals surface area contributed by atoms with Gasteiger partial charge in [0, 0.05) is 31.1 Å². The number of carbonyl (C=O) groups excluding carboxylic acids is 2. The van der Waals surface area contributed by atoms with Crippen molar-refractivity contribution in [1.29, 1.82) is 0 Å². The number of nitrogens with zero attached hydrogens (tertiary/aromatic N) is 3. The van der Waals surface area contributed by atoms with E-state index in [-0.39, 0.29) is 23.8 Å². The number of carbonyl (C=O) groups is 2. The predicted octanol–water partition coefficient (Wildman–Crippen LogP) is 2.22. The van der Waals surface area contributed by atoms with Crippen molar-refractivity contribution in [3.8, 4) is 17.1 Å². The predicted molar refractivity (Wildman–Crippen MR) is 111 cm³/mol. The lowest BCUT2D eigenvalue weighted by atomic mass is 10.0. The van der Waals surface area contributed by atoms with E-state index in [0.717, 1.165) is 5.56 Å². The molecule has 2 heterocycles. The average Bonchev–Trinajstić information content (AvgIpc) is 3.41. The normalized spacial score (nSPS) is 18.3. The van der Waals surface area contributed by atoms with Gasteiger partial charge in [-0.3, -0.25) is 14.7 Å². The quantitative estimate of drug-likeness (QED) is 0.678. The minimum absolute atomic E-state index is 0.116.